The van der Waals surface area contributed by atoms with Crippen LogP contribution >= 0.6 is 0 Å². The van der Waals surface area contributed by atoms with Crippen LogP contribution in [0.25, 0.3) is 0 Å². The number of Topliss-reactive ketones (excluding diaryl/α,β-unsaturated/α-hetero) is 1. The van der Waals surface area contributed by atoms with Crippen LogP contribution in [-0.4, -0.2) is 13.9 Å². The van der Waals surface area contributed by atoms with Crippen LogP contribution in [0.4, 0.5) is 0 Å². The van der Waals surface area contributed by atoms with Crippen LogP contribution in [0.3, 0.4) is 0 Å². The van der Waals surface area contributed by atoms with E-state index in [4.69, 9.17) is 0 Å². The minimum atomic E-state index is -1.21. The average molecular weight is 218 g/mol. The van der Waals surface area contributed by atoms with E-state index in [1.807, 2.05) is 12.1 Å². The summed E-state index contributed by atoms with van der Waals surface area (Å²) in [7, 11) is -1.21. The summed E-state index contributed by atoms with van der Waals surface area (Å²) in [5.74, 6) is 0.680. The predicted octanol–water partition coefficient (Wildman–Crippen LogP) is 2.82. The molecule has 1 nitrogen and oxygen atoms in total. The lowest BCUT2D eigenvalue weighted by Gasteiger charge is -2.16. The second-order valence-corrected chi connectivity index (χ2v) is 10.5. The summed E-state index contributed by atoms with van der Waals surface area (Å²) in [6.45, 7) is 6.97. The van der Waals surface area contributed by atoms with Crippen LogP contribution in [0.15, 0.2) is 24.3 Å². The molecule has 0 aliphatic heterocycles. The van der Waals surface area contributed by atoms with Gasteiger partial charge in [0.05, 0.1) is 8.07 Å². The number of hydrogen-bond acceptors (Lipinski definition) is 1. The summed E-state index contributed by atoms with van der Waals surface area (Å²) in [5.41, 5.74) is 0.902. The van der Waals surface area contributed by atoms with Crippen LogP contribution in [-0.2, 0) is 0 Å². The first-order valence-electron chi connectivity index (χ1n) is 5.63. The van der Waals surface area contributed by atoms with Gasteiger partial charge in [-0.25, -0.2) is 0 Å². The summed E-state index contributed by atoms with van der Waals surface area (Å²) in [6.07, 6.45) is 2.18. The van der Waals surface area contributed by atoms with Crippen molar-refractivity contribution in [3.8, 4) is 0 Å². The summed E-state index contributed by atoms with van der Waals surface area (Å²) in [6, 6.07) is 8.30. The number of rotatable bonds is 3. The Bertz CT molecular complexity index is 369. The van der Waals surface area contributed by atoms with Crippen molar-refractivity contribution in [3.63, 3.8) is 0 Å². The smallest absolute Gasteiger partial charge is 0.165 e. The first-order valence-corrected chi connectivity index (χ1v) is 9.13. The van der Waals surface area contributed by atoms with Gasteiger partial charge in [-0.1, -0.05) is 49.1 Å². The summed E-state index contributed by atoms with van der Waals surface area (Å²) < 4.78 is 0. The fourth-order valence-corrected chi connectivity index (χ4v) is 2.88. The molecule has 2 rings (SSSR count). The van der Waals surface area contributed by atoms with E-state index in [1.165, 1.54) is 5.19 Å². The summed E-state index contributed by atoms with van der Waals surface area (Å²) in [4.78, 5) is 11.8. The third-order valence-electron chi connectivity index (χ3n) is 2.98. The molecule has 0 heterocycles. The van der Waals surface area contributed by atoms with Crippen molar-refractivity contribution in [1.29, 1.82) is 0 Å². The molecule has 0 unspecified atom stereocenters. The molecule has 0 N–H and O–H groups in total. The second-order valence-electron chi connectivity index (χ2n) is 5.47. The van der Waals surface area contributed by atoms with E-state index in [2.05, 4.69) is 31.8 Å². The van der Waals surface area contributed by atoms with Crippen molar-refractivity contribution in [2.75, 3.05) is 0 Å². The van der Waals surface area contributed by atoms with Crippen molar-refractivity contribution < 1.29 is 4.79 Å². The maximum absolute atomic E-state index is 11.8. The molecule has 1 fully saturated rings. The molecule has 0 bridgehead atoms. The van der Waals surface area contributed by atoms with Gasteiger partial charge in [0.2, 0.25) is 0 Å². The number of carbonyl (C=O) groups is 1. The molecule has 0 amide bonds. The van der Waals surface area contributed by atoms with Gasteiger partial charge in [-0.05, 0) is 12.8 Å². The molecule has 2 heteroatoms. The van der Waals surface area contributed by atoms with Crippen LogP contribution < -0.4 is 5.19 Å². The van der Waals surface area contributed by atoms with E-state index in [9.17, 15) is 4.79 Å². The lowest BCUT2D eigenvalue weighted by atomic mass is 10.1. The highest BCUT2D eigenvalue weighted by molar-refractivity contribution is 6.88. The molecule has 1 aromatic rings. The van der Waals surface area contributed by atoms with Crippen LogP contribution in [0.5, 0.6) is 0 Å². The highest BCUT2D eigenvalue weighted by Crippen LogP contribution is 2.32. The van der Waals surface area contributed by atoms with Crippen molar-refractivity contribution in [3.05, 3.63) is 29.8 Å². The molecular weight excluding hydrogens is 200 g/mol. The first-order chi connectivity index (χ1) is 6.98. The molecule has 0 aromatic heterocycles. The molecule has 0 spiro atoms. The Morgan fingerprint density at radius 2 is 1.67 bits per heavy atom. The zero-order valence-electron chi connectivity index (χ0n) is 9.71. The molecule has 1 aliphatic rings. The molecular formula is C13H18OSi. The number of carbonyl (C=O) groups excluding carboxylic acids is 1. The van der Waals surface area contributed by atoms with E-state index in [-0.39, 0.29) is 0 Å². The molecule has 15 heavy (non-hydrogen) atoms. The van der Waals surface area contributed by atoms with Gasteiger partial charge in [0.1, 0.15) is 0 Å². The number of benzene rings is 1. The van der Waals surface area contributed by atoms with Crippen molar-refractivity contribution in [1.82, 2.24) is 0 Å². The monoisotopic (exact) mass is 218 g/mol. The Morgan fingerprint density at radius 3 is 2.07 bits per heavy atom. The largest absolute Gasteiger partial charge is 0.294 e. The van der Waals surface area contributed by atoms with Crippen LogP contribution in [0, 0.1) is 5.92 Å². The predicted molar refractivity (Wildman–Crippen MR) is 66.5 cm³/mol. The molecule has 80 valence electrons. The average Bonchev–Trinajstić information content (AvgIpc) is 2.99. The lowest BCUT2D eigenvalue weighted by Crippen LogP contribution is -2.37. The third kappa shape index (κ3) is 2.37. The van der Waals surface area contributed by atoms with Gasteiger partial charge < -0.3 is 0 Å². The van der Waals surface area contributed by atoms with Crippen molar-refractivity contribution in [2.24, 2.45) is 5.92 Å². The number of hydrogen-bond donors (Lipinski definition) is 0. The van der Waals surface area contributed by atoms with E-state index in [0.717, 1.165) is 18.4 Å². The van der Waals surface area contributed by atoms with Gasteiger partial charge in [0, 0.05) is 11.5 Å². The lowest BCUT2D eigenvalue weighted by molar-refractivity contribution is 0.0967. The van der Waals surface area contributed by atoms with Crippen LogP contribution in [0.2, 0.25) is 19.6 Å². The van der Waals surface area contributed by atoms with E-state index in [1.54, 1.807) is 0 Å². The fraction of sp³-hybridized carbons (Fsp3) is 0.462. The van der Waals surface area contributed by atoms with Gasteiger partial charge in [0.25, 0.3) is 0 Å². The minimum absolute atomic E-state index is 0.336. The summed E-state index contributed by atoms with van der Waals surface area (Å²) >= 11 is 0. The van der Waals surface area contributed by atoms with Crippen molar-refractivity contribution >= 4 is 19.0 Å². The first kappa shape index (κ1) is 10.6. The summed E-state index contributed by atoms with van der Waals surface area (Å²) in [5, 5.41) is 1.43. The van der Waals surface area contributed by atoms with Crippen LogP contribution in [0.1, 0.15) is 23.2 Å². The molecule has 1 aromatic carbocycles. The SMILES string of the molecule is C[Si](C)(C)c1ccc(C(=O)C2CC2)cc1. The number of ketones is 1. The van der Waals surface area contributed by atoms with Gasteiger partial charge in [-0.15, -0.1) is 0 Å². The maximum atomic E-state index is 11.8. The van der Waals surface area contributed by atoms with Gasteiger partial charge in [-0.3, -0.25) is 4.79 Å². The van der Waals surface area contributed by atoms with E-state index in [0.29, 0.717) is 11.7 Å². The minimum Gasteiger partial charge on any atom is -0.294 e. The maximum Gasteiger partial charge on any atom is 0.165 e. The Labute approximate surface area is 92.5 Å². The highest BCUT2D eigenvalue weighted by atomic mass is 28.3. The standard InChI is InChI=1S/C13H18OSi/c1-15(2,3)12-8-6-11(7-9-12)13(14)10-4-5-10/h6-10H,4-5H2,1-3H3. The Morgan fingerprint density at radius 1 is 1.13 bits per heavy atom. The topological polar surface area (TPSA) is 17.1 Å². The molecule has 1 saturated carbocycles. The molecule has 0 radical (unpaired) electrons. The Hall–Kier alpha value is -0.893. The zero-order valence-corrected chi connectivity index (χ0v) is 10.7. The second kappa shape index (κ2) is 3.60. The van der Waals surface area contributed by atoms with E-state index < -0.39 is 8.07 Å². The van der Waals surface area contributed by atoms with Gasteiger partial charge in [0.15, 0.2) is 5.78 Å². The van der Waals surface area contributed by atoms with Crippen molar-refractivity contribution in [2.45, 2.75) is 32.5 Å². The normalized spacial score (nSPS) is 16.5. The zero-order chi connectivity index (χ0) is 11.1. The molecule has 0 atom stereocenters. The molecule has 1 aliphatic carbocycles. The van der Waals surface area contributed by atoms with E-state index >= 15 is 0 Å². The van der Waals surface area contributed by atoms with Gasteiger partial charge >= 0.3 is 0 Å². The molecule has 0 saturated heterocycles. The fourth-order valence-electron chi connectivity index (χ4n) is 1.72. The van der Waals surface area contributed by atoms with Gasteiger partial charge in [-0.2, -0.15) is 0 Å². The quantitative estimate of drug-likeness (QED) is 0.563. The Kier molecular flexibility index (Phi) is 2.55. The Balaban J connectivity index is 2.20. The third-order valence-corrected chi connectivity index (χ3v) is 5.05. The highest BCUT2D eigenvalue weighted by Gasteiger charge is 2.30.